The van der Waals surface area contributed by atoms with Gasteiger partial charge in [0.1, 0.15) is 0 Å². The van der Waals surface area contributed by atoms with Crippen LogP contribution in [0.4, 0.5) is 0 Å². The summed E-state index contributed by atoms with van der Waals surface area (Å²) >= 11 is 0. The van der Waals surface area contributed by atoms with Crippen molar-refractivity contribution in [2.24, 2.45) is 0 Å². The largest absolute Gasteiger partial charge is 0.340 e. The normalized spacial score (nSPS) is 11.2. The molecule has 31 heavy (non-hydrogen) atoms. The molecule has 3 heteroatoms. The van der Waals surface area contributed by atoms with E-state index in [0.717, 1.165) is 13.1 Å². The topological polar surface area (TPSA) is 32.3 Å². The van der Waals surface area contributed by atoms with Crippen LogP contribution in [0.3, 0.4) is 0 Å². The molecule has 0 rings (SSSR count). The van der Waals surface area contributed by atoms with Crippen molar-refractivity contribution in [3.8, 4) is 0 Å². The maximum atomic E-state index is 11.5. The van der Waals surface area contributed by atoms with E-state index in [1.165, 1.54) is 134 Å². The van der Waals surface area contributed by atoms with Crippen LogP contribution in [0.2, 0.25) is 0 Å². The maximum absolute atomic E-state index is 11.5. The molecule has 0 aliphatic carbocycles. The first-order chi connectivity index (χ1) is 15.2. The SMILES string of the molecule is C=CC(=O)NCN(CCCCCCCCCCCC)CCCCCCCCCCCC. The van der Waals surface area contributed by atoms with Crippen molar-refractivity contribution in [3.63, 3.8) is 0 Å². The molecule has 0 aromatic heterocycles. The van der Waals surface area contributed by atoms with E-state index < -0.39 is 0 Å². The van der Waals surface area contributed by atoms with Gasteiger partial charge in [0.15, 0.2) is 0 Å². The number of amides is 1. The first-order valence-corrected chi connectivity index (χ1v) is 13.9. The number of rotatable bonds is 25. The van der Waals surface area contributed by atoms with E-state index in [1.807, 2.05) is 0 Å². The number of carbonyl (C=O) groups is 1. The molecule has 0 fully saturated rings. The Morgan fingerprint density at radius 1 is 0.613 bits per heavy atom. The van der Waals surface area contributed by atoms with Gasteiger partial charge in [-0.1, -0.05) is 136 Å². The van der Waals surface area contributed by atoms with Gasteiger partial charge >= 0.3 is 0 Å². The molecule has 0 unspecified atom stereocenters. The second-order valence-electron chi connectivity index (χ2n) is 9.39. The van der Waals surface area contributed by atoms with Gasteiger partial charge in [-0.15, -0.1) is 0 Å². The molecule has 0 aliphatic heterocycles. The quantitative estimate of drug-likeness (QED) is 0.0885. The summed E-state index contributed by atoms with van der Waals surface area (Å²) in [5.41, 5.74) is 0. The van der Waals surface area contributed by atoms with Crippen molar-refractivity contribution >= 4 is 5.91 Å². The summed E-state index contributed by atoms with van der Waals surface area (Å²) in [5.74, 6) is -0.0591. The summed E-state index contributed by atoms with van der Waals surface area (Å²) in [4.78, 5) is 14.0. The lowest BCUT2D eigenvalue weighted by molar-refractivity contribution is -0.117. The van der Waals surface area contributed by atoms with Gasteiger partial charge in [0, 0.05) is 0 Å². The Balaban J connectivity index is 3.75. The van der Waals surface area contributed by atoms with Crippen LogP contribution in [-0.2, 0) is 4.79 Å². The molecule has 0 heterocycles. The standard InChI is InChI=1S/C28H56N2O/c1-4-7-9-11-13-15-17-19-21-23-25-30(27-29-28(31)6-3)26-24-22-20-18-16-14-12-10-8-5-2/h6H,3-5,7-27H2,1-2H3,(H,29,31). The number of hydrogen-bond donors (Lipinski definition) is 1. The molecule has 0 spiro atoms. The summed E-state index contributed by atoms with van der Waals surface area (Å²) in [6.45, 7) is 11.0. The second kappa shape index (κ2) is 25.4. The molecule has 184 valence electrons. The van der Waals surface area contributed by atoms with Crippen molar-refractivity contribution < 1.29 is 4.79 Å². The minimum Gasteiger partial charge on any atom is -0.340 e. The lowest BCUT2D eigenvalue weighted by atomic mass is 10.1. The number of hydrogen-bond acceptors (Lipinski definition) is 2. The van der Waals surface area contributed by atoms with Crippen LogP contribution < -0.4 is 5.32 Å². The zero-order chi connectivity index (χ0) is 22.8. The van der Waals surface area contributed by atoms with Crippen LogP contribution in [0, 0.1) is 0 Å². The predicted octanol–water partition coefficient (Wildman–Crippen LogP) is 8.39. The number of nitrogens with zero attached hydrogens (tertiary/aromatic N) is 1. The first kappa shape index (κ1) is 30.2. The average Bonchev–Trinajstić information content (AvgIpc) is 2.78. The summed E-state index contributed by atoms with van der Waals surface area (Å²) < 4.78 is 0. The van der Waals surface area contributed by atoms with Gasteiger partial charge in [-0.3, -0.25) is 9.69 Å². The lowest BCUT2D eigenvalue weighted by Gasteiger charge is -2.22. The molecular weight excluding hydrogens is 380 g/mol. The van der Waals surface area contributed by atoms with Gasteiger partial charge in [0.25, 0.3) is 0 Å². The fourth-order valence-corrected chi connectivity index (χ4v) is 4.18. The van der Waals surface area contributed by atoms with Crippen LogP contribution in [-0.4, -0.2) is 30.6 Å². The first-order valence-electron chi connectivity index (χ1n) is 13.9. The van der Waals surface area contributed by atoms with Crippen molar-refractivity contribution in [1.82, 2.24) is 10.2 Å². The fraction of sp³-hybridized carbons (Fsp3) is 0.893. The Bertz CT molecular complexity index is 359. The molecule has 0 aliphatic rings. The summed E-state index contributed by atoms with van der Waals surface area (Å²) in [5, 5.41) is 2.97. The van der Waals surface area contributed by atoms with E-state index in [9.17, 15) is 4.79 Å². The highest BCUT2D eigenvalue weighted by atomic mass is 16.1. The zero-order valence-electron chi connectivity index (χ0n) is 21.4. The van der Waals surface area contributed by atoms with Gasteiger partial charge in [0.2, 0.25) is 5.91 Å². The Morgan fingerprint density at radius 2 is 0.935 bits per heavy atom. The van der Waals surface area contributed by atoms with Gasteiger partial charge in [-0.2, -0.15) is 0 Å². The van der Waals surface area contributed by atoms with E-state index >= 15 is 0 Å². The van der Waals surface area contributed by atoms with Crippen LogP contribution in [0.1, 0.15) is 142 Å². The number of unbranched alkanes of at least 4 members (excludes halogenated alkanes) is 18. The third kappa shape index (κ3) is 23.7. The zero-order valence-corrected chi connectivity index (χ0v) is 21.4. The Labute approximate surface area is 195 Å². The fourth-order valence-electron chi connectivity index (χ4n) is 4.18. The molecular formula is C28H56N2O. The highest BCUT2D eigenvalue weighted by Crippen LogP contribution is 2.12. The van der Waals surface area contributed by atoms with Crippen molar-refractivity contribution in [2.45, 2.75) is 142 Å². The highest BCUT2D eigenvalue weighted by Gasteiger charge is 2.06. The van der Waals surface area contributed by atoms with Crippen LogP contribution in [0.25, 0.3) is 0 Å². The molecule has 0 saturated carbocycles. The molecule has 0 atom stereocenters. The van der Waals surface area contributed by atoms with E-state index in [-0.39, 0.29) is 5.91 Å². The predicted molar refractivity (Wildman–Crippen MR) is 138 cm³/mol. The average molecular weight is 437 g/mol. The van der Waals surface area contributed by atoms with E-state index in [4.69, 9.17) is 0 Å². The van der Waals surface area contributed by atoms with Gasteiger partial charge < -0.3 is 5.32 Å². The van der Waals surface area contributed by atoms with Crippen molar-refractivity contribution in [3.05, 3.63) is 12.7 Å². The maximum Gasteiger partial charge on any atom is 0.244 e. The molecule has 0 radical (unpaired) electrons. The van der Waals surface area contributed by atoms with Crippen molar-refractivity contribution in [2.75, 3.05) is 19.8 Å². The molecule has 3 nitrogen and oxygen atoms in total. The van der Waals surface area contributed by atoms with Crippen LogP contribution in [0.15, 0.2) is 12.7 Å². The smallest absolute Gasteiger partial charge is 0.244 e. The molecule has 0 bridgehead atoms. The minimum absolute atomic E-state index is 0.0591. The second-order valence-corrected chi connectivity index (χ2v) is 9.39. The Hall–Kier alpha value is -0.830. The van der Waals surface area contributed by atoms with Crippen LogP contribution >= 0.6 is 0 Å². The number of carbonyl (C=O) groups excluding carboxylic acids is 1. The van der Waals surface area contributed by atoms with Gasteiger partial charge in [-0.25, -0.2) is 0 Å². The molecule has 0 saturated heterocycles. The minimum atomic E-state index is -0.0591. The monoisotopic (exact) mass is 436 g/mol. The van der Waals surface area contributed by atoms with Crippen LogP contribution in [0.5, 0.6) is 0 Å². The van der Waals surface area contributed by atoms with Gasteiger partial charge in [0.05, 0.1) is 6.67 Å². The third-order valence-electron chi connectivity index (χ3n) is 6.32. The van der Waals surface area contributed by atoms with Gasteiger partial charge in [-0.05, 0) is 32.0 Å². The summed E-state index contributed by atoms with van der Waals surface area (Å²) in [6.07, 6.45) is 28.8. The molecule has 0 aromatic rings. The Kier molecular flexibility index (Phi) is 24.7. The van der Waals surface area contributed by atoms with E-state index in [1.54, 1.807) is 0 Å². The molecule has 1 N–H and O–H groups in total. The Morgan fingerprint density at radius 3 is 1.26 bits per heavy atom. The third-order valence-corrected chi connectivity index (χ3v) is 6.32. The molecule has 0 aromatic carbocycles. The highest BCUT2D eigenvalue weighted by molar-refractivity contribution is 5.86. The van der Waals surface area contributed by atoms with E-state index in [2.05, 4.69) is 30.6 Å². The number of nitrogens with one attached hydrogen (secondary N) is 1. The molecule has 1 amide bonds. The lowest BCUT2D eigenvalue weighted by Crippen LogP contribution is -2.38. The summed E-state index contributed by atoms with van der Waals surface area (Å²) in [7, 11) is 0. The summed E-state index contributed by atoms with van der Waals surface area (Å²) in [6, 6.07) is 0. The van der Waals surface area contributed by atoms with E-state index in [0.29, 0.717) is 6.67 Å². The van der Waals surface area contributed by atoms with Crippen molar-refractivity contribution in [1.29, 1.82) is 0 Å².